The second kappa shape index (κ2) is 3.67. The Kier molecular flexibility index (Phi) is 2.17. The molecule has 3 nitrogen and oxygen atoms in total. The summed E-state index contributed by atoms with van der Waals surface area (Å²) in [6.45, 7) is 0. The molecule has 1 saturated carbocycles. The van der Waals surface area contributed by atoms with Crippen LogP contribution in [-0.2, 0) is 0 Å². The van der Waals surface area contributed by atoms with Gasteiger partial charge in [0.25, 0.3) is 0 Å². The van der Waals surface area contributed by atoms with Gasteiger partial charge in [0, 0.05) is 28.7 Å². The minimum atomic E-state index is 0.387. The molecule has 82 valence electrons. The lowest BCUT2D eigenvalue weighted by Gasteiger charge is -2.26. The van der Waals surface area contributed by atoms with Gasteiger partial charge in [-0.1, -0.05) is 0 Å². The number of aldehydes is 1. The molecule has 3 rings (SSSR count). The predicted molar refractivity (Wildman–Crippen MR) is 62.0 cm³/mol. The fourth-order valence-electron chi connectivity index (χ4n) is 1.98. The van der Waals surface area contributed by atoms with Crippen molar-refractivity contribution in [2.75, 3.05) is 0 Å². The SMILES string of the molecule is O=Cc1c[nH]c2cc(OC3CCC3)ccc12. The van der Waals surface area contributed by atoms with E-state index in [-0.39, 0.29) is 0 Å². The Balaban J connectivity index is 1.93. The minimum absolute atomic E-state index is 0.387. The Labute approximate surface area is 93.4 Å². The van der Waals surface area contributed by atoms with Crippen LogP contribution in [0.3, 0.4) is 0 Å². The summed E-state index contributed by atoms with van der Waals surface area (Å²) in [7, 11) is 0. The van der Waals surface area contributed by atoms with Gasteiger partial charge in [-0.05, 0) is 31.4 Å². The number of carbonyl (C=O) groups excluding carboxylic acids is 1. The number of ether oxygens (including phenoxy) is 1. The van der Waals surface area contributed by atoms with Crippen molar-refractivity contribution in [3.05, 3.63) is 30.0 Å². The van der Waals surface area contributed by atoms with Crippen LogP contribution in [0.15, 0.2) is 24.4 Å². The maximum atomic E-state index is 10.7. The van der Waals surface area contributed by atoms with Gasteiger partial charge in [0.15, 0.2) is 6.29 Å². The zero-order chi connectivity index (χ0) is 11.0. The lowest BCUT2D eigenvalue weighted by atomic mass is 9.96. The number of fused-ring (bicyclic) bond motifs is 1. The quantitative estimate of drug-likeness (QED) is 0.800. The van der Waals surface area contributed by atoms with E-state index >= 15 is 0 Å². The van der Waals surface area contributed by atoms with Gasteiger partial charge in [-0.15, -0.1) is 0 Å². The molecule has 0 saturated heterocycles. The van der Waals surface area contributed by atoms with Gasteiger partial charge in [-0.2, -0.15) is 0 Å². The van der Waals surface area contributed by atoms with Gasteiger partial charge in [0.1, 0.15) is 5.75 Å². The molecular formula is C13H13NO2. The van der Waals surface area contributed by atoms with E-state index < -0.39 is 0 Å². The van der Waals surface area contributed by atoms with Crippen molar-refractivity contribution in [2.45, 2.75) is 25.4 Å². The lowest BCUT2D eigenvalue weighted by Crippen LogP contribution is -2.24. The van der Waals surface area contributed by atoms with Crippen LogP contribution in [-0.4, -0.2) is 17.4 Å². The van der Waals surface area contributed by atoms with Crippen molar-refractivity contribution < 1.29 is 9.53 Å². The molecule has 0 unspecified atom stereocenters. The van der Waals surface area contributed by atoms with E-state index in [1.165, 1.54) is 6.42 Å². The van der Waals surface area contributed by atoms with Gasteiger partial charge in [-0.25, -0.2) is 0 Å². The first-order chi connectivity index (χ1) is 7.86. The molecule has 2 aromatic rings. The summed E-state index contributed by atoms with van der Waals surface area (Å²) >= 11 is 0. The molecule has 1 aliphatic rings. The summed E-state index contributed by atoms with van der Waals surface area (Å²) in [6, 6.07) is 5.83. The molecule has 1 N–H and O–H groups in total. The topological polar surface area (TPSA) is 42.1 Å². The number of hydrogen-bond donors (Lipinski definition) is 1. The molecule has 0 bridgehead atoms. The Morgan fingerprint density at radius 1 is 1.38 bits per heavy atom. The van der Waals surface area contributed by atoms with Gasteiger partial charge in [-0.3, -0.25) is 4.79 Å². The highest BCUT2D eigenvalue weighted by Gasteiger charge is 2.19. The largest absolute Gasteiger partial charge is 0.490 e. The smallest absolute Gasteiger partial charge is 0.152 e. The van der Waals surface area contributed by atoms with Crippen LogP contribution < -0.4 is 4.74 Å². The third-order valence-corrected chi connectivity index (χ3v) is 3.17. The van der Waals surface area contributed by atoms with Crippen LogP contribution in [0.1, 0.15) is 29.6 Å². The van der Waals surface area contributed by atoms with Crippen LogP contribution in [0.25, 0.3) is 10.9 Å². The van der Waals surface area contributed by atoms with Crippen LogP contribution >= 0.6 is 0 Å². The maximum absolute atomic E-state index is 10.7. The van der Waals surface area contributed by atoms with E-state index in [2.05, 4.69) is 4.98 Å². The predicted octanol–water partition coefficient (Wildman–Crippen LogP) is 2.91. The normalized spacial score (nSPS) is 16.0. The van der Waals surface area contributed by atoms with E-state index in [1.807, 2.05) is 18.2 Å². The van der Waals surface area contributed by atoms with Gasteiger partial charge in [0.05, 0.1) is 6.10 Å². The van der Waals surface area contributed by atoms with Gasteiger partial charge < -0.3 is 9.72 Å². The fraction of sp³-hybridized carbons (Fsp3) is 0.308. The van der Waals surface area contributed by atoms with E-state index in [0.717, 1.165) is 35.8 Å². The zero-order valence-electron chi connectivity index (χ0n) is 8.90. The summed E-state index contributed by atoms with van der Waals surface area (Å²) in [5.41, 5.74) is 1.66. The Bertz CT molecular complexity index is 526. The maximum Gasteiger partial charge on any atom is 0.152 e. The molecule has 0 aliphatic heterocycles. The third kappa shape index (κ3) is 1.48. The van der Waals surface area contributed by atoms with Crippen LogP contribution in [0.2, 0.25) is 0 Å². The van der Waals surface area contributed by atoms with Gasteiger partial charge in [0.2, 0.25) is 0 Å². The van der Waals surface area contributed by atoms with Crippen molar-refractivity contribution in [3.63, 3.8) is 0 Å². The van der Waals surface area contributed by atoms with Crippen molar-refractivity contribution in [1.29, 1.82) is 0 Å². The van der Waals surface area contributed by atoms with Crippen LogP contribution in [0.5, 0.6) is 5.75 Å². The molecule has 0 radical (unpaired) electrons. The highest BCUT2D eigenvalue weighted by atomic mass is 16.5. The number of aromatic amines is 1. The highest BCUT2D eigenvalue weighted by molar-refractivity contribution is 5.97. The van der Waals surface area contributed by atoms with Crippen molar-refractivity contribution in [3.8, 4) is 5.75 Å². The number of hydrogen-bond acceptors (Lipinski definition) is 2. The molecule has 1 aromatic heterocycles. The standard InChI is InChI=1S/C13H13NO2/c15-8-9-7-14-13-6-11(4-5-12(9)13)16-10-2-1-3-10/h4-8,10,14H,1-3H2. The molecule has 16 heavy (non-hydrogen) atoms. The first kappa shape index (κ1) is 9.46. The summed E-state index contributed by atoms with van der Waals surface area (Å²) in [6.07, 6.45) is 6.56. The fourth-order valence-corrected chi connectivity index (χ4v) is 1.98. The molecule has 1 fully saturated rings. The molecular weight excluding hydrogens is 202 g/mol. The Morgan fingerprint density at radius 3 is 2.94 bits per heavy atom. The first-order valence-electron chi connectivity index (χ1n) is 5.60. The van der Waals surface area contributed by atoms with E-state index in [9.17, 15) is 4.79 Å². The van der Waals surface area contributed by atoms with Crippen molar-refractivity contribution in [1.82, 2.24) is 4.98 Å². The first-order valence-corrected chi connectivity index (χ1v) is 5.60. The second-order valence-corrected chi connectivity index (χ2v) is 4.24. The third-order valence-electron chi connectivity index (χ3n) is 3.17. The molecule has 3 heteroatoms. The molecule has 0 spiro atoms. The minimum Gasteiger partial charge on any atom is -0.490 e. The number of nitrogens with one attached hydrogen (secondary N) is 1. The number of carbonyl (C=O) groups is 1. The average molecular weight is 215 g/mol. The Hall–Kier alpha value is -1.77. The second-order valence-electron chi connectivity index (χ2n) is 4.24. The zero-order valence-corrected chi connectivity index (χ0v) is 8.90. The van der Waals surface area contributed by atoms with Crippen LogP contribution in [0, 0.1) is 0 Å². The molecule has 0 atom stereocenters. The molecule has 1 aromatic carbocycles. The summed E-state index contributed by atoms with van der Waals surface area (Å²) in [4.78, 5) is 13.8. The monoisotopic (exact) mass is 215 g/mol. The number of aromatic nitrogens is 1. The summed E-state index contributed by atoms with van der Waals surface area (Å²) in [5.74, 6) is 0.886. The van der Waals surface area contributed by atoms with Crippen molar-refractivity contribution in [2.24, 2.45) is 0 Å². The summed E-state index contributed by atoms with van der Waals surface area (Å²) in [5, 5.41) is 0.955. The number of rotatable bonds is 3. The lowest BCUT2D eigenvalue weighted by molar-refractivity contribution is 0.112. The molecule has 0 amide bonds. The molecule has 1 heterocycles. The van der Waals surface area contributed by atoms with E-state index in [0.29, 0.717) is 11.7 Å². The van der Waals surface area contributed by atoms with E-state index in [4.69, 9.17) is 4.74 Å². The molecule has 1 aliphatic carbocycles. The summed E-state index contributed by atoms with van der Waals surface area (Å²) < 4.78 is 5.79. The van der Waals surface area contributed by atoms with Crippen LogP contribution in [0.4, 0.5) is 0 Å². The van der Waals surface area contributed by atoms with Gasteiger partial charge >= 0.3 is 0 Å². The Morgan fingerprint density at radius 2 is 2.25 bits per heavy atom. The van der Waals surface area contributed by atoms with Crippen molar-refractivity contribution >= 4 is 17.2 Å². The highest BCUT2D eigenvalue weighted by Crippen LogP contribution is 2.28. The average Bonchev–Trinajstić information content (AvgIpc) is 2.65. The van der Waals surface area contributed by atoms with E-state index in [1.54, 1.807) is 6.20 Å². The number of benzene rings is 1. The number of H-pyrrole nitrogens is 1.